The number of benzene rings is 3. The SMILES string of the molecule is COc1c(N2CC(C)N(C)C(C)C2)ccc2c1N(C(=O)c1ccc(-c3cccc(C)n3)c3ccccc13)CCC2. The van der Waals surface area contributed by atoms with Crippen LogP contribution in [0.3, 0.4) is 0 Å². The molecule has 6 nitrogen and oxygen atoms in total. The van der Waals surface area contributed by atoms with Crippen molar-refractivity contribution in [2.75, 3.05) is 43.6 Å². The number of fused-ring (bicyclic) bond motifs is 2. The Labute approximate surface area is 237 Å². The van der Waals surface area contributed by atoms with Gasteiger partial charge in [0.2, 0.25) is 0 Å². The highest BCUT2D eigenvalue weighted by molar-refractivity contribution is 6.17. The molecule has 0 saturated carbocycles. The molecule has 1 aromatic heterocycles. The summed E-state index contributed by atoms with van der Waals surface area (Å²) < 4.78 is 6.13. The second-order valence-corrected chi connectivity index (χ2v) is 11.3. The summed E-state index contributed by atoms with van der Waals surface area (Å²) in [5.74, 6) is 0.816. The number of carbonyl (C=O) groups excluding carboxylic acids is 1. The van der Waals surface area contributed by atoms with E-state index in [0.717, 1.165) is 70.8 Å². The lowest BCUT2D eigenvalue weighted by molar-refractivity contribution is 0.0986. The first-order chi connectivity index (χ1) is 19.4. The van der Waals surface area contributed by atoms with Crippen LogP contribution in [0.15, 0.2) is 66.7 Å². The Morgan fingerprint density at radius 2 is 1.68 bits per heavy atom. The Balaban J connectivity index is 1.43. The number of rotatable bonds is 4. The number of aromatic nitrogens is 1. The van der Waals surface area contributed by atoms with Gasteiger partial charge in [0.1, 0.15) is 0 Å². The molecule has 1 amide bonds. The van der Waals surface area contributed by atoms with Crippen LogP contribution >= 0.6 is 0 Å². The monoisotopic (exact) mass is 534 g/mol. The maximum atomic E-state index is 14.4. The van der Waals surface area contributed by atoms with E-state index in [0.29, 0.717) is 24.2 Å². The van der Waals surface area contributed by atoms with Gasteiger partial charge in [-0.05, 0) is 81.3 Å². The van der Waals surface area contributed by atoms with Crippen LogP contribution in [0.25, 0.3) is 22.0 Å². The number of likely N-dealkylation sites (N-methyl/N-ethyl adjacent to an activating group) is 1. The van der Waals surface area contributed by atoms with E-state index >= 15 is 0 Å². The maximum Gasteiger partial charge on any atom is 0.259 e. The highest BCUT2D eigenvalue weighted by Crippen LogP contribution is 2.45. The molecule has 40 heavy (non-hydrogen) atoms. The molecule has 3 heterocycles. The van der Waals surface area contributed by atoms with Crippen LogP contribution in [0.1, 0.15) is 41.9 Å². The molecular formula is C34H38N4O2. The first-order valence-electron chi connectivity index (χ1n) is 14.3. The van der Waals surface area contributed by atoms with Crippen LogP contribution in [0.4, 0.5) is 11.4 Å². The predicted octanol–water partition coefficient (Wildman–Crippen LogP) is 6.34. The first kappa shape index (κ1) is 26.3. The van der Waals surface area contributed by atoms with Crippen molar-refractivity contribution in [1.82, 2.24) is 9.88 Å². The summed E-state index contributed by atoms with van der Waals surface area (Å²) in [6.07, 6.45) is 1.86. The number of hydrogen-bond donors (Lipinski definition) is 0. The predicted molar refractivity (Wildman–Crippen MR) is 164 cm³/mol. The van der Waals surface area contributed by atoms with E-state index in [1.165, 1.54) is 5.56 Å². The number of anilines is 2. The van der Waals surface area contributed by atoms with Crippen LogP contribution < -0.4 is 14.5 Å². The molecule has 0 bridgehead atoms. The summed E-state index contributed by atoms with van der Waals surface area (Å²) in [7, 11) is 3.93. The number of carbonyl (C=O) groups is 1. The molecule has 1 fully saturated rings. The largest absolute Gasteiger partial charge is 0.492 e. The molecule has 206 valence electrons. The molecule has 2 aliphatic rings. The lowest BCUT2D eigenvalue weighted by Crippen LogP contribution is -2.55. The van der Waals surface area contributed by atoms with Crippen molar-refractivity contribution >= 4 is 28.1 Å². The summed E-state index contributed by atoms with van der Waals surface area (Å²) in [4.78, 5) is 26.0. The zero-order valence-electron chi connectivity index (χ0n) is 24.1. The topological polar surface area (TPSA) is 48.9 Å². The molecule has 1 saturated heterocycles. The molecule has 6 heteroatoms. The number of amides is 1. The Bertz CT molecular complexity index is 1570. The van der Waals surface area contributed by atoms with Crippen molar-refractivity contribution in [2.24, 2.45) is 0 Å². The fourth-order valence-electron chi connectivity index (χ4n) is 6.44. The summed E-state index contributed by atoms with van der Waals surface area (Å²) >= 11 is 0. The smallest absolute Gasteiger partial charge is 0.259 e. The molecule has 0 aliphatic carbocycles. The van der Waals surface area contributed by atoms with Crippen molar-refractivity contribution in [3.8, 4) is 17.0 Å². The number of methoxy groups -OCH3 is 1. The van der Waals surface area contributed by atoms with Crippen LogP contribution in [-0.4, -0.2) is 61.7 Å². The summed E-state index contributed by atoms with van der Waals surface area (Å²) in [6, 6.07) is 23.5. The number of piperazine rings is 1. The molecule has 4 aromatic rings. The number of hydrogen-bond acceptors (Lipinski definition) is 5. The van der Waals surface area contributed by atoms with Gasteiger partial charge < -0.3 is 14.5 Å². The van der Waals surface area contributed by atoms with E-state index in [-0.39, 0.29) is 5.91 Å². The lowest BCUT2D eigenvalue weighted by Gasteiger charge is -2.44. The highest BCUT2D eigenvalue weighted by atomic mass is 16.5. The van der Waals surface area contributed by atoms with Crippen LogP contribution in [0, 0.1) is 6.92 Å². The summed E-state index contributed by atoms with van der Waals surface area (Å²) in [6.45, 7) is 9.04. The zero-order chi connectivity index (χ0) is 28.0. The molecular weight excluding hydrogens is 496 g/mol. The lowest BCUT2D eigenvalue weighted by atomic mass is 9.94. The Kier molecular flexibility index (Phi) is 6.97. The first-order valence-corrected chi connectivity index (χ1v) is 14.3. The quantitative estimate of drug-likeness (QED) is 0.306. The van der Waals surface area contributed by atoms with Gasteiger partial charge in [0.05, 0.1) is 24.2 Å². The van der Waals surface area contributed by atoms with Crippen LogP contribution in [-0.2, 0) is 6.42 Å². The fourth-order valence-corrected chi connectivity index (χ4v) is 6.44. The van der Waals surface area contributed by atoms with Gasteiger partial charge in [-0.25, -0.2) is 0 Å². The Morgan fingerprint density at radius 3 is 2.40 bits per heavy atom. The molecule has 0 radical (unpaired) electrons. The average Bonchev–Trinajstić information content (AvgIpc) is 2.97. The van der Waals surface area contributed by atoms with Gasteiger partial charge in [-0.15, -0.1) is 0 Å². The van der Waals surface area contributed by atoms with E-state index in [4.69, 9.17) is 9.72 Å². The minimum atomic E-state index is 0.0106. The third-order valence-electron chi connectivity index (χ3n) is 8.76. The normalized spacial score (nSPS) is 19.5. The van der Waals surface area contributed by atoms with Gasteiger partial charge >= 0.3 is 0 Å². The Morgan fingerprint density at radius 1 is 0.925 bits per heavy atom. The highest BCUT2D eigenvalue weighted by Gasteiger charge is 2.33. The summed E-state index contributed by atoms with van der Waals surface area (Å²) in [5, 5.41) is 1.97. The van der Waals surface area contributed by atoms with Gasteiger partial charge in [0, 0.05) is 48.5 Å². The van der Waals surface area contributed by atoms with E-state index in [9.17, 15) is 4.79 Å². The van der Waals surface area contributed by atoms with Crippen molar-refractivity contribution in [3.63, 3.8) is 0 Å². The number of pyridine rings is 1. The average molecular weight is 535 g/mol. The van der Waals surface area contributed by atoms with Gasteiger partial charge in [-0.3, -0.25) is 14.7 Å². The van der Waals surface area contributed by atoms with Crippen LogP contribution in [0.2, 0.25) is 0 Å². The van der Waals surface area contributed by atoms with E-state index < -0.39 is 0 Å². The standard InChI is InChI=1S/C34H38N4O2/c1-22-10-8-14-30(35-22)28-16-17-29(27-13-7-6-12-26(27)28)34(39)38-19-9-11-25-15-18-31(33(40-5)32(25)38)37-20-23(2)36(4)24(3)21-37/h6-8,10,12-18,23-24H,9,11,19-21H2,1-5H3. The van der Waals surface area contributed by atoms with Crippen molar-refractivity contribution in [1.29, 1.82) is 0 Å². The fraction of sp³-hybridized carbons (Fsp3) is 0.353. The molecule has 0 spiro atoms. The van der Waals surface area contributed by atoms with Crippen LogP contribution in [0.5, 0.6) is 5.75 Å². The Hall–Kier alpha value is -3.90. The number of aryl methyl sites for hydroxylation is 2. The number of ether oxygens (including phenoxy) is 1. The van der Waals surface area contributed by atoms with E-state index in [1.54, 1.807) is 7.11 Å². The number of nitrogens with zero attached hydrogens (tertiary/aromatic N) is 4. The molecule has 6 rings (SSSR count). The van der Waals surface area contributed by atoms with Crippen molar-refractivity contribution < 1.29 is 9.53 Å². The molecule has 0 N–H and O–H groups in total. The zero-order valence-corrected chi connectivity index (χ0v) is 24.1. The minimum absolute atomic E-state index is 0.0106. The molecule has 2 aliphatic heterocycles. The van der Waals surface area contributed by atoms with Crippen molar-refractivity contribution in [3.05, 3.63) is 83.6 Å². The minimum Gasteiger partial charge on any atom is -0.492 e. The second kappa shape index (κ2) is 10.6. The summed E-state index contributed by atoms with van der Waals surface area (Å²) in [5.41, 5.74) is 6.78. The maximum absolute atomic E-state index is 14.4. The third kappa shape index (κ3) is 4.50. The molecule has 3 aromatic carbocycles. The van der Waals surface area contributed by atoms with Gasteiger partial charge in [-0.2, -0.15) is 0 Å². The van der Waals surface area contributed by atoms with Crippen molar-refractivity contribution in [2.45, 2.75) is 45.7 Å². The third-order valence-corrected chi connectivity index (χ3v) is 8.76. The van der Waals surface area contributed by atoms with E-state index in [1.807, 2.05) is 60.4 Å². The second-order valence-electron chi connectivity index (χ2n) is 11.3. The van der Waals surface area contributed by atoms with Gasteiger partial charge in [0.15, 0.2) is 5.75 Å². The van der Waals surface area contributed by atoms with Gasteiger partial charge in [0.25, 0.3) is 5.91 Å². The molecule has 2 unspecified atom stereocenters. The molecule has 2 atom stereocenters. The van der Waals surface area contributed by atoms with E-state index in [2.05, 4.69) is 48.9 Å². The van der Waals surface area contributed by atoms with Gasteiger partial charge in [-0.1, -0.05) is 42.5 Å².